The maximum absolute atomic E-state index is 10.1. The highest BCUT2D eigenvalue weighted by Crippen LogP contribution is 2.25. The van der Waals surface area contributed by atoms with Gasteiger partial charge in [-0.3, -0.25) is 4.98 Å². The molecule has 2 aromatic rings. The number of benzene rings is 1. The molecular formula is C14H17NO. The molecule has 0 radical (unpaired) electrons. The molecule has 2 nitrogen and oxygen atoms in total. The van der Waals surface area contributed by atoms with Crippen molar-refractivity contribution in [2.24, 2.45) is 0 Å². The van der Waals surface area contributed by atoms with Crippen LogP contribution in [0.5, 0.6) is 0 Å². The van der Waals surface area contributed by atoms with Crippen molar-refractivity contribution in [1.29, 1.82) is 0 Å². The number of nitrogens with zero attached hydrogens (tertiary/aromatic N) is 1. The topological polar surface area (TPSA) is 33.1 Å². The van der Waals surface area contributed by atoms with E-state index >= 15 is 0 Å². The summed E-state index contributed by atoms with van der Waals surface area (Å²) in [6.07, 6.45) is 4.35. The van der Waals surface area contributed by atoms with Crippen LogP contribution in [0.25, 0.3) is 10.9 Å². The molecule has 0 bridgehead atoms. The highest BCUT2D eigenvalue weighted by Gasteiger charge is 2.10. The summed E-state index contributed by atoms with van der Waals surface area (Å²) in [6.45, 7) is 2.13. The van der Waals surface area contributed by atoms with Crippen LogP contribution in [0.2, 0.25) is 0 Å². The standard InChI is InChI=1S/C14H17NO/c1-2-3-9-13(16)12-8-4-6-11-7-5-10-15-14(11)12/h4-8,10,13,16H,2-3,9H2,1H3. The van der Waals surface area contributed by atoms with E-state index in [1.165, 1.54) is 0 Å². The van der Waals surface area contributed by atoms with Crippen molar-refractivity contribution in [2.45, 2.75) is 32.3 Å². The Morgan fingerprint density at radius 1 is 1.25 bits per heavy atom. The summed E-state index contributed by atoms with van der Waals surface area (Å²) in [5.41, 5.74) is 1.88. The van der Waals surface area contributed by atoms with Crippen molar-refractivity contribution in [3.63, 3.8) is 0 Å². The fourth-order valence-corrected chi connectivity index (χ4v) is 1.95. The summed E-state index contributed by atoms with van der Waals surface area (Å²) in [7, 11) is 0. The summed E-state index contributed by atoms with van der Waals surface area (Å²) in [5, 5.41) is 11.2. The van der Waals surface area contributed by atoms with E-state index in [0.29, 0.717) is 0 Å². The van der Waals surface area contributed by atoms with E-state index < -0.39 is 6.10 Å². The van der Waals surface area contributed by atoms with Gasteiger partial charge in [0.25, 0.3) is 0 Å². The van der Waals surface area contributed by atoms with Gasteiger partial charge in [0.2, 0.25) is 0 Å². The first-order valence-corrected chi connectivity index (χ1v) is 5.84. The number of para-hydroxylation sites is 1. The fourth-order valence-electron chi connectivity index (χ4n) is 1.95. The first kappa shape index (κ1) is 11.1. The molecule has 0 amide bonds. The zero-order valence-corrected chi connectivity index (χ0v) is 9.56. The Balaban J connectivity index is 2.36. The average Bonchev–Trinajstić information content (AvgIpc) is 2.35. The number of aliphatic hydroxyl groups excluding tert-OH is 1. The fraction of sp³-hybridized carbons (Fsp3) is 0.357. The van der Waals surface area contributed by atoms with Crippen molar-refractivity contribution < 1.29 is 5.11 Å². The van der Waals surface area contributed by atoms with E-state index in [4.69, 9.17) is 0 Å². The van der Waals surface area contributed by atoms with Crippen LogP contribution < -0.4 is 0 Å². The third-order valence-corrected chi connectivity index (χ3v) is 2.85. The molecule has 1 heterocycles. The van der Waals surface area contributed by atoms with Gasteiger partial charge in [-0.05, 0) is 12.5 Å². The molecule has 2 heteroatoms. The molecule has 2 rings (SSSR count). The highest BCUT2D eigenvalue weighted by molar-refractivity contribution is 5.81. The Bertz CT molecular complexity index is 462. The van der Waals surface area contributed by atoms with Gasteiger partial charge >= 0.3 is 0 Å². The van der Waals surface area contributed by atoms with Crippen LogP contribution in [0, 0.1) is 0 Å². The van der Waals surface area contributed by atoms with Crippen LogP contribution in [0.3, 0.4) is 0 Å². The molecule has 0 saturated heterocycles. The van der Waals surface area contributed by atoms with Gasteiger partial charge in [-0.2, -0.15) is 0 Å². The maximum Gasteiger partial charge on any atom is 0.0811 e. The Morgan fingerprint density at radius 2 is 2.06 bits per heavy atom. The second-order valence-corrected chi connectivity index (χ2v) is 4.08. The second kappa shape index (κ2) is 5.08. The number of hydrogen-bond donors (Lipinski definition) is 1. The Morgan fingerprint density at radius 3 is 2.88 bits per heavy atom. The van der Waals surface area contributed by atoms with Gasteiger partial charge in [0.15, 0.2) is 0 Å². The van der Waals surface area contributed by atoms with E-state index in [1.807, 2.05) is 30.3 Å². The number of unbranched alkanes of at least 4 members (excludes halogenated alkanes) is 1. The molecule has 0 fully saturated rings. The summed E-state index contributed by atoms with van der Waals surface area (Å²) in [5.74, 6) is 0. The summed E-state index contributed by atoms with van der Waals surface area (Å²) in [4.78, 5) is 4.35. The molecule has 0 aliphatic heterocycles. The number of aliphatic hydroxyl groups is 1. The molecule has 1 N–H and O–H groups in total. The van der Waals surface area contributed by atoms with E-state index in [0.717, 1.165) is 35.7 Å². The first-order valence-electron chi connectivity index (χ1n) is 5.84. The molecule has 1 aromatic heterocycles. The summed E-state index contributed by atoms with van der Waals surface area (Å²) >= 11 is 0. The third kappa shape index (κ3) is 2.22. The van der Waals surface area contributed by atoms with E-state index in [1.54, 1.807) is 6.20 Å². The van der Waals surface area contributed by atoms with Gasteiger partial charge in [-0.1, -0.05) is 44.0 Å². The minimum Gasteiger partial charge on any atom is -0.388 e. The largest absolute Gasteiger partial charge is 0.388 e. The zero-order chi connectivity index (χ0) is 11.4. The Labute approximate surface area is 96.0 Å². The van der Waals surface area contributed by atoms with Crippen LogP contribution >= 0.6 is 0 Å². The second-order valence-electron chi connectivity index (χ2n) is 4.08. The molecule has 0 aliphatic rings. The lowest BCUT2D eigenvalue weighted by molar-refractivity contribution is 0.165. The SMILES string of the molecule is CCCCC(O)c1cccc2cccnc12. The predicted octanol–water partition coefficient (Wildman–Crippen LogP) is 3.46. The van der Waals surface area contributed by atoms with Gasteiger partial charge in [0.1, 0.15) is 0 Å². The minimum atomic E-state index is -0.390. The number of fused-ring (bicyclic) bond motifs is 1. The van der Waals surface area contributed by atoms with Gasteiger partial charge in [-0.25, -0.2) is 0 Å². The predicted molar refractivity (Wildman–Crippen MR) is 66.2 cm³/mol. The maximum atomic E-state index is 10.1. The lowest BCUT2D eigenvalue weighted by Gasteiger charge is -2.12. The molecule has 16 heavy (non-hydrogen) atoms. The molecule has 0 spiro atoms. The highest BCUT2D eigenvalue weighted by atomic mass is 16.3. The van der Waals surface area contributed by atoms with Crippen LogP contribution in [0.4, 0.5) is 0 Å². The van der Waals surface area contributed by atoms with Crippen molar-refractivity contribution >= 4 is 10.9 Å². The minimum absolute atomic E-state index is 0.390. The Kier molecular flexibility index (Phi) is 3.52. The molecule has 1 atom stereocenters. The normalized spacial score (nSPS) is 12.9. The van der Waals surface area contributed by atoms with Crippen LogP contribution in [0.1, 0.15) is 37.9 Å². The number of rotatable bonds is 4. The average molecular weight is 215 g/mol. The molecule has 84 valence electrons. The number of pyridine rings is 1. The number of aromatic nitrogens is 1. The van der Waals surface area contributed by atoms with Crippen molar-refractivity contribution in [2.75, 3.05) is 0 Å². The lowest BCUT2D eigenvalue weighted by Crippen LogP contribution is -1.99. The van der Waals surface area contributed by atoms with E-state index in [9.17, 15) is 5.11 Å². The first-order chi connectivity index (χ1) is 7.83. The monoisotopic (exact) mass is 215 g/mol. The molecule has 1 aromatic carbocycles. The molecule has 1 unspecified atom stereocenters. The lowest BCUT2D eigenvalue weighted by atomic mass is 10.0. The molecule has 0 aliphatic carbocycles. The van der Waals surface area contributed by atoms with Crippen LogP contribution in [-0.2, 0) is 0 Å². The zero-order valence-electron chi connectivity index (χ0n) is 9.56. The van der Waals surface area contributed by atoms with E-state index in [2.05, 4.69) is 11.9 Å². The van der Waals surface area contributed by atoms with Crippen LogP contribution in [-0.4, -0.2) is 10.1 Å². The van der Waals surface area contributed by atoms with E-state index in [-0.39, 0.29) is 0 Å². The van der Waals surface area contributed by atoms with Gasteiger partial charge in [-0.15, -0.1) is 0 Å². The smallest absolute Gasteiger partial charge is 0.0811 e. The quantitative estimate of drug-likeness (QED) is 0.847. The summed E-state index contributed by atoms with van der Waals surface area (Å²) in [6, 6.07) is 9.92. The molecule has 0 saturated carbocycles. The molecular weight excluding hydrogens is 198 g/mol. The summed E-state index contributed by atoms with van der Waals surface area (Å²) < 4.78 is 0. The van der Waals surface area contributed by atoms with Gasteiger partial charge in [0.05, 0.1) is 11.6 Å². The van der Waals surface area contributed by atoms with Crippen molar-refractivity contribution in [3.05, 3.63) is 42.1 Å². The van der Waals surface area contributed by atoms with Crippen molar-refractivity contribution in [3.8, 4) is 0 Å². The van der Waals surface area contributed by atoms with Gasteiger partial charge in [0, 0.05) is 17.1 Å². The van der Waals surface area contributed by atoms with Crippen molar-refractivity contribution in [1.82, 2.24) is 4.98 Å². The van der Waals surface area contributed by atoms with Crippen LogP contribution in [0.15, 0.2) is 36.5 Å². The number of hydrogen-bond acceptors (Lipinski definition) is 2. The third-order valence-electron chi connectivity index (χ3n) is 2.85. The Hall–Kier alpha value is -1.41. The van der Waals surface area contributed by atoms with Gasteiger partial charge < -0.3 is 5.11 Å².